The molecule has 1 aliphatic rings. The monoisotopic (exact) mass is 380 g/mol. The second-order valence-corrected chi connectivity index (χ2v) is 8.80. The highest BCUT2D eigenvalue weighted by Gasteiger charge is 2.39. The second kappa shape index (κ2) is 7.55. The van der Waals surface area contributed by atoms with E-state index in [-0.39, 0.29) is 10.1 Å². The van der Waals surface area contributed by atoms with Gasteiger partial charge in [0.15, 0.2) is 0 Å². The molecule has 1 saturated heterocycles. The van der Waals surface area contributed by atoms with Gasteiger partial charge in [0, 0.05) is 18.7 Å². The van der Waals surface area contributed by atoms with Gasteiger partial charge in [0.2, 0.25) is 5.91 Å². The maximum Gasteiger partial charge on any atom is 0.253 e. The molecule has 0 radical (unpaired) electrons. The molecule has 0 unspecified atom stereocenters. The van der Waals surface area contributed by atoms with Crippen LogP contribution in [0.1, 0.15) is 18.4 Å². The molecule has 1 aliphatic heterocycles. The molecule has 2 aromatic rings. The van der Waals surface area contributed by atoms with E-state index >= 15 is 0 Å². The zero-order valence-corrected chi connectivity index (χ0v) is 15.5. The molecule has 1 N–H and O–H groups in total. The van der Waals surface area contributed by atoms with E-state index in [0.29, 0.717) is 31.7 Å². The molecule has 0 aliphatic carbocycles. The Hall–Kier alpha value is -1.90. The van der Waals surface area contributed by atoms with Crippen molar-refractivity contribution in [2.24, 2.45) is 0 Å². The van der Waals surface area contributed by atoms with Crippen LogP contribution in [0, 0.1) is 0 Å². The van der Waals surface area contributed by atoms with E-state index in [1.54, 1.807) is 24.6 Å². The van der Waals surface area contributed by atoms with Crippen LogP contribution in [0.2, 0.25) is 0 Å². The molecule has 1 atom stereocenters. The Bertz CT molecular complexity index is 834. The fraction of sp³-hybridized carbons (Fsp3) is 0.353. The third kappa shape index (κ3) is 3.70. The number of sulfonamides is 1. The summed E-state index contributed by atoms with van der Waals surface area (Å²) in [6, 6.07) is 10.0. The molecule has 2 heterocycles. The lowest BCUT2D eigenvalue weighted by atomic mass is 10.2. The van der Waals surface area contributed by atoms with Crippen molar-refractivity contribution in [3.05, 3.63) is 47.3 Å². The first kappa shape index (κ1) is 17.9. The smallest absolute Gasteiger partial charge is 0.253 e. The molecular weight excluding hydrogens is 360 g/mol. The highest BCUT2D eigenvalue weighted by molar-refractivity contribution is 7.91. The molecule has 0 bridgehead atoms. The van der Waals surface area contributed by atoms with Crippen LogP contribution in [-0.4, -0.2) is 38.3 Å². The molecule has 25 heavy (non-hydrogen) atoms. The quantitative estimate of drug-likeness (QED) is 0.834. The summed E-state index contributed by atoms with van der Waals surface area (Å²) >= 11 is 1.17. The van der Waals surface area contributed by atoms with Crippen LogP contribution in [0.15, 0.2) is 46.0 Å². The summed E-state index contributed by atoms with van der Waals surface area (Å²) in [6.07, 6.45) is 1.21. The van der Waals surface area contributed by atoms with Crippen molar-refractivity contribution in [1.82, 2.24) is 9.62 Å². The summed E-state index contributed by atoms with van der Waals surface area (Å²) in [5.74, 6) is 0.417. The van der Waals surface area contributed by atoms with Gasteiger partial charge in [-0.05, 0) is 30.4 Å². The van der Waals surface area contributed by atoms with E-state index in [1.165, 1.54) is 15.6 Å². The van der Waals surface area contributed by atoms with Crippen molar-refractivity contribution < 1.29 is 17.9 Å². The number of nitrogens with one attached hydrogen (secondary N) is 1. The number of hydrogen-bond acceptors (Lipinski definition) is 5. The van der Waals surface area contributed by atoms with Crippen LogP contribution in [0.3, 0.4) is 0 Å². The minimum atomic E-state index is -3.62. The van der Waals surface area contributed by atoms with Gasteiger partial charge in [-0.25, -0.2) is 8.42 Å². The van der Waals surface area contributed by atoms with Crippen LogP contribution in [0.4, 0.5) is 0 Å². The van der Waals surface area contributed by atoms with Gasteiger partial charge >= 0.3 is 0 Å². The van der Waals surface area contributed by atoms with Crippen molar-refractivity contribution >= 4 is 27.3 Å². The summed E-state index contributed by atoms with van der Waals surface area (Å²) in [5, 5.41) is 4.56. The minimum Gasteiger partial charge on any atom is -0.496 e. The van der Waals surface area contributed by atoms with Gasteiger partial charge < -0.3 is 10.1 Å². The van der Waals surface area contributed by atoms with Gasteiger partial charge in [0.25, 0.3) is 10.0 Å². The summed E-state index contributed by atoms with van der Waals surface area (Å²) < 4.78 is 32.3. The number of hydrogen-bond donors (Lipinski definition) is 1. The maximum atomic E-state index is 12.7. The highest BCUT2D eigenvalue weighted by Crippen LogP contribution is 2.28. The molecule has 0 saturated carbocycles. The van der Waals surface area contributed by atoms with Gasteiger partial charge in [-0.2, -0.15) is 4.31 Å². The lowest BCUT2D eigenvalue weighted by molar-refractivity contribution is -0.124. The Morgan fingerprint density at radius 1 is 1.32 bits per heavy atom. The Balaban J connectivity index is 1.71. The molecule has 6 nitrogen and oxygen atoms in total. The minimum absolute atomic E-state index is 0.275. The van der Waals surface area contributed by atoms with Crippen LogP contribution in [0.25, 0.3) is 0 Å². The van der Waals surface area contributed by atoms with Crippen molar-refractivity contribution in [3.63, 3.8) is 0 Å². The molecule has 1 fully saturated rings. The van der Waals surface area contributed by atoms with Crippen molar-refractivity contribution in [2.45, 2.75) is 29.6 Å². The largest absolute Gasteiger partial charge is 0.496 e. The number of rotatable bonds is 6. The zero-order chi connectivity index (χ0) is 17.9. The first-order chi connectivity index (χ1) is 12.0. The molecule has 8 heteroatoms. The summed E-state index contributed by atoms with van der Waals surface area (Å²) in [5.41, 5.74) is 0.851. The van der Waals surface area contributed by atoms with Gasteiger partial charge in [-0.1, -0.05) is 24.3 Å². The van der Waals surface area contributed by atoms with E-state index in [4.69, 9.17) is 4.74 Å². The lowest BCUT2D eigenvalue weighted by Gasteiger charge is -2.22. The number of carbonyl (C=O) groups is 1. The zero-order valence-electron chi connectivity index (χ0n) is 13.8. The average Bonchev–Trinajstić information content (AvgIpc) is 3.31. The van der Waals surface area contributed by atoms with Crippen molar-refractivity contribution in [2.75, 3.05) is 13.7 Å². The fourth-order valence-corrected chi connectivity index (χ4v) is 5.74. The van der Waals surface area contributed by atoms with Crippen LogP contribution >= 0.6 is 11.3 Å². The molecule has 1 aromatic carbocycles. The molecule has 1 aromatic heterocycles. The lowest BCUT2D eigenvalue weighted by Crippen LogP contribution is -2.45. The second-order valence-electron chi connectivity index (χ2n) is 5.74. The topological polar surface area (TPSA) is 75.7 Å². The van der Waals surface area contributed by atoms with E-state index in [2.05, 4.69) is 5.32 Å². The van der Waals surface area contributed by atoms with Gasteiger partial charge in [0.05, 0.1) is 7.11 Å². The number of nitrogens with zero attached hydrogens (tertiary/aromatic N) is 1. The average molecular weight is 380 g/mol. The van der Waals surface area contributed by atoms with Crippen LogP contribution < -0.4 is 10.1 Å². The van der Waals surface area contributed by atoms with Crippen molar-refractivity contribution in [3.8, 4) is 5.75 Å². The van der Waals surface area contributed by atoms with Gasteiger partial charge in [-0.3, -0.25) is 4.79 Å². The predicted octanol–water partition coefficient (Wildman–Crippen LogP) is 2.23. The first-order valence-corrected chi connectivity index (χ1v) is 10.3. The van der Waals surface area contributed by atoms with Gasteiger partial charge in [0.1, 0.15) is 16.0 Å². The fourth-order valence-electron chi connectivity index (χ4n) is 2.96. The third-order valence-electron chi connectivity index (χ3n) is 4.21. The Kier molecular flexibility index (Phi) is 5.41. The number of ether oxygens (including phenoxy) is 1. The normalized spacial score (nSPS) is 18.2. The van der Waals surface area contributed by atoms with E-state index in [1.807, 2.05) is 24.3 Å². The number of carbonyl (C=O) groups excluding carboxylic acids is 1. The number of thiophene rings is 1. The Morgan fingerprint density at radius 2 is 2.12 bits per heavy atom. The van der Waals surface area contributed by atoms with E-state index in [0.717, 1.165) is 5.56 Å². The van der Waals surface area contributed by atoms with E-state index in [9.17, 15) is 13.2 Å². The summed E-state index contributed by atoms with van der Waals surface area (Å²) in [4.78, 5) is 12.6. The van der Waals surface area contributed by atoms with Gasteiger partial charge in [-0.15, -0.1) is 11.3 Å². The maximum absolute atomic E-state index is 12.7. The SMILES string of the molecule is COc1ccccc1CNC(=O)[C@@H]1CCCN1S(=O)(=O)c1cccs1. The highest BCUT2D eigenvalue weighted by atomic mass is 32.2. The molecule has 134 valence electrons. The van der Waals surface area contributed by atoms with Crippen LogP contribution in [-0.2, 0) is 21.4 Å². The Morgan fingerprint density at radius 3 is 2.84 bits per heavy atom. The predicted molar refractivity (Wildman–Crippen MR) is 96.1 cm³/mol. The number of methoxy groups -OCH3 is 1. The Labute approximate surface area is 151 Å². The standard InChI is InChI=1S/C17H20N2O4S2/c1-23-15-8-3-2-6-13(15)12-18-17(20)14-7-4-10-19(14)25(21,22)16-9-5-11-24-16/h2-3,5-6,8-9,11,14H,4,7,10,12H2,1H3,(H,18,20)/t14-/m0/s1. The molecule has 1 amide bonds. The summed E-state index contributed by atoms with van der Waals surface area (Å²) in [6.45, 7) is 0.666. The molecular formula is C17H20N2O4S2. The van der Waals surface area contributed by atoms with Crippen LogP contribution in [0.5, 0.6) is 5.75 Å². The summed E-state index contributed by atoms with van der Waals surface area (Å²) in [7, 11) is -2.04. The molecule has 0 spiro atoms. The first-order valence-electron chi connectivity index (χ1n) is 7.99. The number of benzene rings is 1. The molecule has 3 rings (SSSR count). The number of amides is 1. The third-order valence-corrected chi connectivity index (χ3v) is 7.49. The van der Waals surface area contributed by atoms with Crippen molar-refractivity contribution in [1.29, 1.82) is 0 Å². The number of para-hydroxylation sites is 1. The van der Waals surface area contributed by atoms with E-state index < -0.39 is 16.1 Å².